The van der Waals surface area contributed by atoms with Crippen LogP contribution in [0.15, 0.2) is 24.3 Å². The van der Waals surface area contributed by atoms with E-state index in [0.717, 1.165) is 17.9 Å². The minimum Gasteiger partial charge on any atom is -0.355 e. The summed E-state index contributed by atoms with van der Waals surface area (Å²) in [5.41, 5.74) is 6.92. The van der Waals surface area contributed by atoms with Crippen LogP contribution in [0, 0.1) is 0 Å². The fourth-order valence-corrected chi connectivity index (χ4v) is 2.36. The van der Waals surface area contributed by atoms with Gasteiger partial charge in [0, 0.05) is 29.4 Å². The number of halogens is 2. The number of amides is 1. The first-order valence-electron chi connectivity index (χ1n) is 6.30. The average molecular weight is 303 g/mol. The lowest BCUT2D eigenvalue weighted by atomic mass is 9.96. The smallest absolute Gasteiger partial charge is 0.221 e. The third kappa shape index (κ3) is 4.37. The Kier molecular flexibility index (Phi) is 5.65. The molecular formula is C14H20Cl2N2O. The molecular weight excluding hydrogens is 283 g/mol. The van der Waals surface area contributed by atoms with Crippen LogP contribution < -0.4 is 11.1 Å². The normalized spacial score (nSPS) is 17.2. The topological polar surface area (TPSA) is 55.1 Å². The number of carbonyl (C=O) groups excluding carboxylic acids is 1. The summed E-state index contributed by atoms with van der Waals surface area (Å²) in [5.74, 6) is 0.0262. The molecule has 1 unspecified atom stereocenters. The van der Waals surface area contributed by atoms with Gasteiger partial charge in [-0.3, -0.25) is 4.79 Å². The van der Waals surface area contributed by atoms with Gasteiger partial charge in [-0.2, -0.15) is 0 Å². The molecule has 0 bridgehead atoms. The maximum absolute atomic E-state index is 11.6. The van der Waals surface area contributed by atoms with E-state index in [1.165, 1.54) is 5.56 Å². The van der Waals surface area contributed by atoms with Crippen molar-refractivity contribution in [1.29, 1.82) is 0 Å². The average Bonchev–Trinajstić information content (AvgIpc) is 3.06. The van der Waals surface area contributed by atoms with Gasteiger partial charge in [0.25, 0.3) is 0 Å². The Bertz CT molecular complexity index is 445. The van der Waals surface area contributed by atoms with Crippen LogP contribution in [-0.2, 0) is 10.2 Å². The van der Waals surface area contributed by atoms with Crippen molar-refractivity contribution in [2.75, 3.05) is 6.54 Å². The highest BCUT2D eigenvalue weighted by Crippen LogP contribution is 2.48. The lowest BCUT2D eigenvalue weighted by Gasteiger charge is -2.17. The van der Waals surface area contributed by atoms with E-state index < -0.39 is 0 Å². The van der Waals surface area contributed by atoms with Crippen molar-refractivity contribution < 1.29 is 4.79 Å². The Morgan fingerprint density at radius 3 is 2.74 bits per heavy atom. The Labute approximate surface area is 125 Å². The van der Waals surface area contributed by atoms with Gasteiger partial charge in [0.1, 0.15) is 0 Å². The van der Waals surface area contributed by atoms with Crippen LogP contribution in [-0.4, -0.2) is 18.5 Å². The van der Waals surface area contributed by atoms with Gasteiger partial charge >= 0.3 is 0 Å². The fraction of sp³-hybridized carbons (Fsp3) is 0.500. The lowest BCUT2D eigenvalue weighted by Crippen LogP contribution is -2.35. The van der Waals surface area contributed by atoms with E-state index in [2.05, 4.69) is 11.4 Å². The number of benzene rings is 1. The summed E-state index contributed by atoms with van der Waals surface area (Å²) in [7, 11) is 0. The SMILES string of the molecule is CC(N)CC(=O)NCC1(c2cccc(Cl)c2)CC1.Cl. The van der Waals surface area contributed by atoms with Crippen molar-refractivity contribution in [2.24, 2.45) is 5.73 Å². The second kappa shape index (κ2) is 6.60. The highest BCUT2D eigenvalue weighted by Gasteiger charge is 2.44. The molecule has 0 aromatic heterocycles. The van der Waals surface area contributed by atoms with Crippen molar-refractivity contribution in [2.45, 2.75) is 37.6 Å². The van der Waals surface area contributed by atoms with Gasteiger partial charge in [0.15, 0.2) is 0 Å². The largest absolute Gasteiger partial charge is 0.355 e. The summed E-state index contributed by atoms with van der Waals surface area (Å²) in [6, 6.07) is 7.81. The molecule has 0 heterocycles. The van der Waals surface area contributed by atoms with E-state index in [0.29, 0.717) is 13.0 Å². The monoisotopic (exact) mass is 302 g/mol. The van der Waals surface area contributed by atoms with Crippen LogP contribution in [0.1, 0.15) is 31.7 Å². The second-order valence-corrected chi connectivity index (χ2v) is 5.69. The lowest BCUT2D eigenvalue weighted by molar-refractivity contribution is -0.121. The van der Waals surface area contributed by atoms with Crippen LogP contribution in [0.4, 0.5) is 0 Å². The maximum Gasteiger partial charge on any atom is 0.221 e. The molecule has 0 aliphatic heterocycles. The molecule has 0 radical (unpaired) electrons. The summed E-state index contributed by atoms with van der Waals surface area (Å²) in [4.78, 5) is 11.6. The molecule has 1 fully saturated rings. The van der Waals surface area contributed by atoms with E-state index in [1.54, 1.807) is 0 Å². The molecule has 5 heteroatoms. The first kappa shape index (κ1) is 16.3. The van der Waals surface area contributed by atoms with Crippen molar-refractivity contribution in [3.63, 3.8) is 0 Å². The zero-order valence-corrected chi connectivity index (χ0v) is 12.6. The molecule has 106 valence electrons. The number of nitrogens with one attached hydrogen (secondary N) is 1. The van der Waals surface area contributed by atoms with Gasteiger partial charge in [-0.1, -0.05) is 23.7 Å². The number of rotatable bonds is 5. The van der Waals surface area contributed by atoms with Gasteiger partial charge < -0.3 is 11.1 Å². The van der Waals surface area contributed by atoms with E-state index >= 15 is 0 Å². The maximum atomic E-state index is 11.6. The predicted octanol–water partition coefficient (Wildman–Crippen LogP) is 2.65. The van der Waals surface area contributed by atoms with Crippen molar-refractivity contribution in [1.82, 2.24) is 5.32 Å². The van der Waals surface area contributed by atoms with Gasteiger partial charge in [-0.25, -0.2) is 0 Å². The molecule has 3 N–H and O–H groups in total. The zero-order valence-electron chi connectivity index (χ0n) is 11.0. The number of carbonyl (C=O) groups is 1. The number of hydrogen-bond acceptors (Lipinski definition) is 2. The zero-order chi connectivity index (χ0) is 13.2. The molecule has 1 aromatic carbocycles. The quantitative estimate of drug-likeness (QED) is 0.878. The highest BCUT2D eigenvalue weighted by molar-refractivity contribution is 6.30. The fourth-order valence-electron chi connectivity index (χ4n) is 2.17. The second-order valence-electron chi connectivity index (χ2n) is 5.25. The van der Waals surface area contributed by atoms with Gasteiger partial charge in [0.2, 0.25) is 5.91 Å². The van der Waals surface area contributed by atoms with Crippen LogP contribution in [0.3, 0.4) is 0 Å². The molecule has 0 spiro atoms. The van der Waals surface area contributed by atoms with Gasteiger partial charge in [-0.15, -0.1) is 12.4 Å². The molecule has 3 nitrogen and oxygen atoms in total. The minimum atomic E-state index is -0.0914. The minimum absolute atomic E-state index is 0. The van der Waals surface area contributed by atoms with Crippen molar-refractivity contribution in [3.8, 4) is 0 Å². The highest BCUT2D eigenvalue weighted by atomic mass is 35.5. The number of nitrogens with two attached hydrogens (primary N) is 1. The van der Waals surface area contributed by atoms with Crippen LogP contribution in [0.2, 0.25) is 5.02 Å². The van der Waals surface area contributed by atoms with Gasteiger partial charge in [-0.05, 0) is 37.5 Å². The summed E-state index contributed by atoms with van der Waals surface area (Å²) in [6.07, 6.45) is 2.59. The van der Waals surface area contributed by atoms with Gasteiger partial charge in [0.05, 0.1) is 0 Å². The number of hydrogen-bond donors (Lipinski definition) is 2. The van der Waals surface area contributed by atoms with E-state index in [1.807, 2.05) is 25.1 Å². The molecule has 19 heavy (non-hydrogen) atoms. The Morgan fingerprint density at radius 2 is 2.21 bits per heavy atom. The van der Waals surface area contributed by atoms with E-state index in [9.17, 15) is 4.79 Å². The van der Waals surface area contributed by atoms with Crippen molar-refractivity contribution >= 4 is 29.9 Å². The van der Waals surface area contributed by atoms with Crippen LogP contribution in [0.5, 0.6) is 0 Å². The standard InChI is InChI=1S/C14H19ClN2O.ClH/c1-10(16)7-13(18)17-9-14(5-6-14)11-3-2-4-12(15)8-11;/h2-4,8,10H,5-7,9,16H2,1H3,(H,17,18);1H. The molecule has 1 saturated carbocycles. The van der Waals surface area contributed by atoms with E-state index in [-0.39, 0.29) is 29.8 Å². The third-order valence-corrected chi connectivity index (χ3v) is 3.66. The first-order chi connectivity index (χ1) is 8.52. The Hall–Kier alpha value is -0.770. The Morgan fingerprint density at radius 1 is 1.53 bits per heavy atom. The summed E-state index contributed by atoms with van der Waals surface area (Å²) in [6.45, 7) is 2.52. The molecule has 1 atom stereocenters. The summed E-state index contributed by atoms with van der Waals surface area (Å²) in [5, 5.41) is 3.72. The van der Waals surface area contributed by atoms with Crippen molar-refractivity contribution in [3.05, 3.63) is 34.9 Å². The predicted molar refractivity (Wildman–Crippen MR) is 80.9 cm³/mol. The van der Waals surface area contributed by atoms with Crippen LogP contribution >= 0.6 is 24.0 Å². The molecule has 1 aromatic rings. The molecule has 1 aliphatic carbocycles. The molecule has 0 saturated heterocycles. The molecule has 1 aliphatic rings. The summed E-state index contributed by atoms with van der Waals surface area (Å²) < 4.78 is 0. The van der Waals surface area contributed by atoms with Crippen LogP contribution in [0.25, 0.3) is 0 Å². The Balaban J connectivity index is 0.00000180. The third-order valence-electron chi connectivity index (χ3n) is 3.42. The molecule has 2 rings (SSSR count). The van der Waals surface area contributed by atoms with E-state index in [4.69, 9.17) is 17.3 Å². The first-order valence-corrected chi connectivity index (χ1v) is 6.68. The molecule has 1 amide bonds. The summed E-state index contributed by atoms with van der Waals surface area (Å²) >= 11 is 6.01.